The first kappa shape index (κ1) is 14.3. The van der Waals surface area contributed by atoms with Gasteiger partial charge in [0.25, 0.3) is 16.0 Å². The normalized spacial score (nSPS) is 11.6. The summed E-state index contributed by atoms with van der Waals surface area (Å²) in [6, 6.07) is 0. The molecule has 0 aromatic carbocycles. The van der Waals surface area contributed by atoms with Crippen LogP contribution in [-0.2, 0) is 16.6 Å². The maximum absolute atomic E-state index is 12.2. The van der Waals surface area contributed by atoms with E-state index < -0.39 is 16.6 Å². The molecule has 0 aliphatic carbocycles. The van der Waals surface area contributed by atoms with Gasteiger partial charge in [-0.15, -0.1) is 5.10 Å². The summed E-state index contributed by atoms with van der Waals surface area (Å²) in [5.74, 6) is -0.141. The lowest BCUT2D eigenvalue weighted by Gasteiger charge is -2.06. The summed E-state index contributed by atoms with van der Waals surface area (Å²) in [7, 11) is -3.98. The molecule has 0 aliphatic heterocycles. The van der Waals surface area contributed by atoms with Crippen LogP contribution in [0.1, 0.15) is 22.6 Å². The zero-order chi connectivity index (χ0) is 14.9. The maximum atomic E-state index is 12.2. The molecule has 0 fully saturated rings. The third kappa shape index (κ3) is 2.60. The van der Waals surface area contributed by atoms with E-state index >= 15 is 0 Å². The van der Waals surface area contributed by atoms with Gasteiger partial charge in [0.2, 0.25) is 5.03 Å². The van der Waals surface area contributed by atoms with Gasteiger partial charge in [-0.3, -0.25) is 5.10 Å². The Kier molecular flexibility index (Phi) is 3.68. The van der Waals surface area contributed by atoms with E-state index in [1.165, 1.54) is 0 Å². The van der Waals surface area contributed by atoms with Crippen LogP contribution in [0.5, 0.6) is 0 Å². The Morgan fingerprint density at radius 3 is 2.50 bits per heavy atom. The number of rotatable bonds is 4. The number of hydrogen-bond acceptors (Lipinski definition) is 7. The summed E-state index contributed by atoms with van der Waals surface area (Å²) < 4.78 is 26.5. The van der Waals surface area contributed by atoms with Crippen LogP contribution in [0.2, 0.25) is 0 Å². The second-order valence-corrected chi connectivity index (χ2v) is 5.80. The van der Waals surface area contributed by atoms with Gasteiger partial charge in [0.1, 0.15) is 0 Å². The molecule has 0 spiro atoms. The largest absolute Gasteiger partial charge is 0.392 e. The third-order valence-electron chi connectivity index (χ3n) is 2.77. The first-order chi connectivity index (χ1) is 9.35. The Morgan fingerprint density at radius 1 is 1.20 bits per heavy atom. The molecule has 108 valence electrons. The van der Waals surface area contributed by atoms with E-state index in [1.54, 1.807) is 20.8 Å². The number of aliphatic hydroxyl groups is 1. The number of sulfonamides is 1. The van der Waals surface area contributed by atoms with Crippen LogP contribution in [0.15, 0.2) is 5.03 Å². The highest BCUT2D eigenvalue weighted by atomic mass is 32.2. The van der Waals surface area contributed by atoms with Crippen molar-refractivity contribution in [1.82, 2.24) is 25.4 Å². The molecule has 2 aromatic rings. The van der Waals surface area contributed by atoms with Crippen LogP contribution >= 0.6 is 0 Å². The first-order valence-corrected chi connectivity index (χ1v) is 7.19. The third-order valence-corrected chi connectivity index (χ3v) is 4.06. The molecule has 3 N–H and O–H groups in total. The van der Waals surface area contributed by atoms with Gasteiger partial charge >= 0.3 is 0 Å². The molecule has 0 aliphatic rings. The van der Waals surface area contributed by atoms with Crippen molar-refractivity contribution >= 4 is 16.0 Å². The number of aromatic nitrogens is 5. The fraction of sp³-hybridized carbons (Fsp3) is 0.400. The number of aryl methyl sites for hydroxylation is 3. The van der Waals surface area contributed by atoms with Gasteiger partial charge in [0.05, 0.1) is 18.0 Å². The van der Waals surface area contributed by atoms with Gasteiger partial charge in [-0.2, -0.15) is 18.6 Å². The predicted molar refractivity (Wildman–Crippen MR) is 69.4 cm³/mol. The molecule has 0 bridgehead atoms. The fourth-order valence-electron chi connectivity index (χ4n) is 1.51. The van der Waals surface area contributed by atoms with Crippen LogP contribution in [0.25, 0.3) is 0 Å². The van der Waals surface area contributed by atoms with E-state index in [0.717, 1.165) is 0 Å². The van der Waals surface area contributed by atoms with Crippen LogP contribution in [0.3, 0.4) is 0 Å². The summed E-state index contributed by atoms with van der Waals surface area (Å²) in [5.41, 5.74) is 1.86. The lowest BCUT2D eigenvalue weighted by Crippen LogP contribution is -2.18. The lowest BCUT2D eigenvalue weighted by molar-refractivity contribution is 0.277. The molecular weight excluding hydrogens is 284 g/mol. The van der Waals surface area contributed by atoms with Gasteiger partial charge in [-0.1, -0.05) is 0 Å². The van der Waals surface area contributed by atoms with Crippen LogP contribution in [0.4, 0.5) is 5.95 Å². The average Bonchev–Trinajstić information content (AvgIpc) is 2.75. The maximum Gasteiger partial charge on any atom is 0.283 e. The molecule has 2 aromatic heterocycles. The van der Waals surface area contributed by atoms with Crippen molar-refractivity contribution in [2.75, 3.05) is 4.72 Å². The first-order valence-electron chi connectivity index (χ1n) is 5.70. The number of nitrogens with one attached hydrogen (secondary N) is 2. The molecule has 0 saturated carbocycles. The van der Waals surface area contributed by atoms with Crippen molar-refractivity contribution in [3.63, 3.8) is 0 Å². The second kappa shape index (κ2) is 5.13. The van der Waals surface area contributed by atoms with E-state index in [1.807, 2.05) is 0 Å². The summed E-state index contributed by atoms with van der Waals surface area (Å²) in [4.78, 5) is 3.98. The molecule has 2 heterocycles. The van der Waals surface area contributed by atoms with Gasteiger partial charge < -0.3 is 5.11 Å². The summed E-state index contributed by atoms with van der Waals surface area (Å²) >= 11 is 0. The number of H-pyrrole nitrogens is 1. The minimum absolute atomic E-state index is 0.141. The SMILES string of the molecule is Cc1nnc(NS(=O)(=O)c2n[nH]c(C)c2CO)nc1C. The van der Waals surface area contributed by atoms with Crippen molar-refractivity contribution in [3.05, 3.63) is 22.6 Å². The van der Waals surface area contributed by atoms with Crippen molar-refractivity contribution in [3.8, 4) is 0 Å². The van der Waals surface area contributed by atoms with Crippen molar-refractivity contribution in [1.29, 1.82) is 0 Å². The Bertz CT molecular complexity index is 739. The monoisotopic (exact) mass is 298 g/mol. The molecule has 0 amide bonds. The van der Waals surface area contributed by atoms with Crippen LogP contribution in [0, 0.1) is 20.8 Å². The fourth-order valence-corrected chi connectivity index (χ4v) is 2.64. The molecule has 9 nitrogen and oxygen atoms in total. The number of anilines is 1. The van der Waals surface area contributed by atoms with Gasteiger partial charge in [0.15, 0.2) is 0 Å². The van der Waals surface area contributed by atoms with Gasteiger partial charge in [0, 0.05) is 11.3 Å². The smallest absolute Gasteiger partial charge is 0.283 e. The zero-order valence-electron chi connectivity index (χ0n) is 11.2. The van der Waals surface area contributed by atoms with E-state index in [9.17, 15) is 13.5 Å². The van der Waals surface area contributed by atoms with Crippen molar-refractivity contribution in [2.45, 2.75) is 32.4 Å². The van der Waals surface area contributed by atoms with Gasteiger partial charge in [-0.25, -0.2) is 9.71 Å². The highest BCUT2D eigenvalue weighted by molar-refractivity contribution is 7.92. The highest BCUT2D eigenvalue weighted by Crippen LogP contribution is 2.18. The van der Waals surface area contributed by atoms with E-state index in [-0.39, 0.29) is 16.5 Å². The molecule has 0 saturated heterocycles. The Balaban J connectivity index is 2.38. The van der Waals surface area contributed by atoms with Crippen LogP contribution < -0.4 is 4.72 Å². The summed E-state index contributed by atoms with van der Waals surface area (Å²) in [6.07, 6.45) is 0. The Labute approximate surface area is 115 Å². The lowest BCUT2D eigenvalue weighted by atomic mass is 10.3. The Hall–Kier alpha value is -2.07. The number of aromatic amines is 1. The molecule has 10 heteroatoms. The van der Waals surface area contributed by atoms with E-state index in [4.69, 9.17) is 0 Å². The average molecular weight is 298 g/mol. The molecular formula is C10H14N6O3S. The minimum Gasteiger partial charge on any atom is -0.392 e. The molecule has 2 rings (SSSR count). The number of aliphatic hydroxyl groups excluding tert-OH is 1. The quantitative estimate of drug-likeness (QED) is 0.712. The van der Waals surface area contributed by atoms with Gasteiger partial charge in [-0.05, 0) is 20.8 Å². The van der Waals surface area contributed by atoms with E-state index in [2.05, 4.69) is 30.1 Å². The second-order valence-electron chi connectivity index (χ2n) is 4.20. The standard InChI is InChI=1S/C10H14N6O3S/c1-5-6(2)12-15-10(11-5)16-20(18,19)9-8(4-17)7(3)13-14-9/h17H,4H2,1-3H3,(H,13,14)(H,11,15,16). The molecule has 0 unspecified atom stereocenters. The minimum atomic E-state index is -3.98. The highest BCUT2D eigenvalue weighted by Gasteiger charge is 2.24. The summed E-state index contributed by atoms with van der Waals surface area (Å²) in [5, 5.41) is 22.6. The van der Waals surface area contributed by atoms with E-state index in [0.29, 0.717) is 17.1 Å². The zero-order valence-corrected chi connectivity index (χ0v) is 12.0. The predicted octanol–water partition coefficient (Wildman–Crippen LogP) is -0.187. The number of nitrogens with zero attached hydrogens (tertiary/aromatic N) is 4. The number of hydrogen-bond donors (Lipinski definition) is 3. The van der Waals surface area contributed by atoms with Crippen LogP contribution in [-0.4, -0.2) is 38.9 Å². The summed E-state index contributed by atoms with van der Waals surface area (Å²) in [6.45, 7) is 4.59. The molecule has 20 heavy (non-hydrogen) atoms. The van der Waals surface area contributed by atoms with Crippen molar-refractivity contribution in [2.24, 2.45) is 0 Å². The Morgan fingerprint density at radius 2 is 1.90 bits per heavy atom. The van der Waals surface area contributed by atoms with Crippen molar-refractivity contribution < 1.29 is 13.5 Å². The topological polar surface area (TPSA) is 134 Å². The molecule has 0 radical (unpaired) electrons. The molecule has 0 atom stereocenters.